The van der Waals surface area contributed by atoms with Gasteiger partial charge in [0.1, 0.15) is 0 Å². The fraction of sp³-hybridized carbons (Fsp3) is 0. The second-order valence-corrected chi connectivity index (χ2v) is 13.2. The van der Waals surface area contributed by atoms with Gasteiger partial charge in [0.2, 0.25) is 0 Å². The Morgan fingerprint density at radius 2 is 0.706 bits per heavy atom. The van der Waals surface area contributed by atoms with Crippen LogP contribution in [0.3, 0.4) is 0 Å². The smallest absolute Gasteiger partial charge is 0.0547 e. The molecule has 10 aromatic rings. The third-order valence-corrected chi connectivity index (χ3v) is 10.3. The molecule has 0 amide bonds. The first kappa shape index (κ1) is 29.2. The molecule has 0 aliphatic heterocycles. The van der Waals surface area contributed by atoms with Gasteiger partial charge in [-0.15, -0.1) is 0 Å². The van der Waals surface area contributed by atoms with E-state index in [4.69, 9.17) is 0 Å². The SMILES string of the molecule is c1ccc(-c2c3ccccc3c(-c3ccc4c5ccc(-c6ccc(-c7ccncc7)cc6)cc5n(-c5ccccc5)c4c3)c3ccccc23)cc1. The second-order valence-electron chi connectivity index (χ2n) is 13.2. The highest BCUT2D eigenvalue weighted by Crippen LogP contribution is 2.45. The molecule has 0 saturated carbocycles. The summed E-state index contributed by atoms with van der Waals surface area (Å²) in [5.74, 6) is 0. The molecule has 0 aliphatic rings. The van der Waals surface area contributed by atoms with E-state index in [0.29, 0.717) is 0 Å². The van der Waals surface area contributed by atoms with Gasteiger partial charge in [0.25, 0.3) is 0 Å². The zero-order chi connectivity index (χ0) is 33.7. The maximum absolute atomic E-state index is 4.18. The Labute approximate surface area is 296 Å². The Morgan fingerprint density at radius 1 is 0.294 bits per heavy atom. The lowest BCUT2D eigenvalue weighted by Crippen LogP contribution is -1.94. The van der Waals surface area contributed by atoms with Gasteiger partial charge >= 0.3 is 0 Å². The number of aromatic nitrogens is 2. The lowest BCUT2D eigenvalue weighted by Gasteiger charge is -2.18. The number of hydrogen-bond acceptors (Lipinski definition) is 1. The summed E-state index contributed by atoms with van der Waals surface area (Å²) in [5.41, 5.74) is 13.3. The topological polar surface area (TPSA) is 17.8 Å². The Balaban J connectivity index is 1.21. The average molecular weight is 649 g/mol. The minimum Gasteiger partial charge on any atom is -0.309 e. The van der Waals surface area contributed by atoms with E-state index in [2.05, 4.69) is 192 Å². The van der Waals surface area contributed by atoms with Crippen LogP contribution in [0.25, 0.3) is 93.5 Å². The molecule has 0 aliphatic carbocycles. The molecule has 238 valence electrons. The summed E-state index contributed by atoms with van der Waals surface area (Å²) in [6.07, 6.45) is 3.69. The van der Waals surface area contributed by atoms with Crippen LogP contribution in [-0.2, 0) is 0 Å². The van der Waals surface area contributed by atoms with Crippen LogP contribution in [0.2, 0.25) is 0 Å². The number of rotatable bonds is 5. The highest BCUT2D eigenvalue weighted by Gasteiger charge is 2.19. The summed E-state index contributed by atoms with van der Waals surface area (Å²) >= 11 is 0. The van der Waals surface area contributed by atoms with Crippen LogP contribution in [0.1, 0.15) is 0 Å². The number of hydrogen-bond donors (Lipinski definition) is 0. The molecule has 0 spiro atoms. The first-order valence-electron chi connectivity index (χ1n) is 17.5. The molecule has 8 aromatic carbocycles. The fourth-order valence-corrected chi connectivity index (χ4v) is 7.96. The van der Waals surface area contributed by atoms with E-state index < -0.39 is 0 Å². The lowest BCUT2D eigenvalue weighted by molar-refractivity contribution is 1.18. The van der Waals surface area contributed by atoms with E-state index in [-0.39, 0.29) is 0 Å². The molecule has 0 atom stereocenters. The predicted octanol–water partition coefficient (Wildman–Crippen LogP) is 13.2. The summed E-state index contributed by atoms with van der Waals surface area (Å²) in [6, 6.07) is 66.2. The zero-order valence-corrected chi connectivity index (χ0v) is 27.9. The van der Waals surface area contributed by atoms with Gasteiger partial charge < -0.3 is 4.57 Å². The Morgan fingerprint density at radius 3 is 1.27 bits per heavy atom. The Bertz CT molecular complexity index is 2810. The third kappa shape index (κ3) is 4.84. The van der Waals surface area contributed by atoms with Gasteiger partial charge in [-0.25, -0.2) is 0 Å². The van der Waals surface area contributed by atoms with Crippen LogP contribution in [0.4, 0.5) is 0 Å². The number of fused-ring (bicyclic) bond motifs is 5. The number of pyridine rings is 1. The van der Waals surface area contributed by atoms with Crippen LogP contribution in [0.15, 0.2) is 194 Å². The van der Waals surface area contributed by atoms with E-state index in [1.807, 2.05) is 12.4 Å². The van der Waals surface area contributed by atoms with Gasteiger partial charge in [-0.1, -0.05) is 146 Å². The number of para-hydroxylation sites is 1. The molecular weight excluding hydrogens is 617 g/mol. The monoisotopic (exact) mass is 648 g/mol. The van der Waals surface area contributed by atoms with E-state index in [1.165, 1.54) is 87.9 Å². The normalized spacial score (nSPS) is 11.5. The van der Waals surface area contributed by atoms with Crippen molar-refractivity contribution in [3.63, 3.8) is 0 Å². The maximum atomic E-state index is 4.18. The van der Waals surface area contributed by atoms with Crippen LogP contribution in [0, 0.1) is 0 Å². The van der Waals surface area contributed by atoms with E-state index in [1.54, 1.807) is 0 Å². The van der Waals surface area contributed by atoms with E-state index >= 15 is 0 Å². The van der Waals surface area contributed by atoms with Gasteiger partial charge in [-0.05, 0) is 102 Å². The van der Waals surface area contributed by atoms with Crippen molar-refractivity contribution < 1.29 is 0 Å². The summed E-state index contributed by atoms with van der Waals surface area (Å²) in [5, 5.41) is 7.53. The average Bonchev–Trinajstić information content (AvgIpc) is 3.53. The van der Waals surface area contributed by atoms with Crippen molar-refractivity contribution in [3.05, 3.63) is 194 Å². The van der Waals surface area contributed by atoms with Crippen LogP contribution < -0.4 is 0 Å². The van der Waals surface area contributed by atoms with Crippen molar-refractivity contribution in [3.8, 4) is 50.2 Å². The summed E-state index contributed by atoms with van der Waals surface area (Å²) in [7, 11) is 0. The number of benzene rings is 8. The highest BCUT2D eigenvalue weighted by molar-refractivity contribution is 6.22. The molecule has 0 unspecified atom stereocenters. The molecule has 51 heavy (non-hydrogen) atoms. The van der Waals surface area contributed by atoms with Crippen molar-refractivity contribution >= 4 is 43.4 Å². The molecule has 2 heterocycles. The molecule has 0 N–H and O–H groups in total. The zero-order valence-electron chi connectivity index (χ0n) is 27.9. The lowest BCUT2D eigenvalue weighted by atomic mass is 9.86. The molecule has 0 radical (unpaired) electrons. The third-order valence-electron chi connectivity index (χ3n) is 10.3. The van der Waals surface area contributed by atoms with Gasteiger partial charge in [-0.2, -0.15) is 0 Å². The van der Waals surface area contributed by atoms with Gasteiger partial charge in [0.05, 0.1) is 11.0 Å². The standard InChI is InChI=1S/C49H32N2/c1-3-11-36(12-4-1)48-42-15-7-9-17-44(42)49(45-18-10-8-16-43(45)48)38-24-26-41-40-25-23-37(34-21-19-33(20-22-34)35-27-29-50-30-28-35)31-46(40)51(47(41)32-38)39-13-5-2-6-14-39/h1-32H. The second kappa shape index (κ2) is 12.0. The molecular formula is C49H32N2. The molecule has 2 aromatic heterocycles. The quantitative estimate of drug-likeness (QED) is 0.170. The van der Waals surface area contributed by atoms with Crippen LogP contribution >= 0.6 is 0 Å². The van der Waals surface area contributed by atoms with Gasteiger partial charge in [-0.3, -0.25) is 4.98 Å². The molecule has 2 nitrogen and oxygen atoms in total. The molecule has 0 fully saturated rings. The first-order chi connectivity index (χ1) is 25.3. The fourth-order valence-electron chi connectivity index (χ4n) is 7.96. The predicted molar refractivity (Wildman–Crippen MR) is 215 cm³/mol. The van der Waals surface area contributed by atoms with Crippen molar-refractivity contribution in [1.82, 2.24) is 9.55 Å². The molecule has 0 bridgehead atoms. The minimum absolute atomic E-state index is 1.15. The van der Waals surface area contributed by atoms with Crippen molar-refractivity contribution in [2.45, 2.75) is 0 Å². The van der Waals surface area contributed by atoms with E-state index in [9.17, 15) is 0 Å². The summed E-state index contributed by atoms with van der Waals surface area (Å²) in [6.45, 7) is 0. The molecule has 10 rings (SSSR count). The van der Waals surface area contributed by atoms with Crippen molar-refractivity contribution in [2.24, 2.45) is 0 Å². The van der Waals surface area contributed by atoms with Gasteiger partial charge in [0, 0.05) is 28.9 Å². The Kier molecular flexibility index (Phi) is 6.85. The minimum atomic E-state index is 1.15. The number of nitrogens with zero attached hydrogens (tertiary/aromatic N) is 2. The van der Waals surface area contributed by atoms with E-state index in [0.717, 1.165) is 5.69 Å². The van der Waals surface area contributed by atoms with Crippen molar-refractivity contribution in [2.75, 3.05) is 0 Å². The largest absolute Gasteiger partial charge is 0.309 e. The maximum Gasteiger partial charge on any atom is 0.0547 e. The first-order valence-corrected chi connectivity index (χ1v) is 17.5. The van der Waals surface area contributed by atoms with Gasteiger partial charge in [0.15, 0.2) is 0 Å². The van der Waals surface area contributed by atoms with Crippen LogP contribution in [-0.4, -0.2) is 9.55 Å². The molecule has 0 saturated heterocycles. The Hall–Kier alpha value is -6.77. The summed E-state index contributed by atoms with van der Waals surface area (Å²) < 4.78 is 2.44. The van der Waals surface area contributed by atoms with Crippen molar-refractivity contribution in [1.29, 1.82) is 0 Å². The van der Waals surface area contributed by atoms with Crippen LogP contribution in [0.5, 0.6) is 0 Å². The highest BCUT2D eigenvalue weighted by atomic mass is 15.0. The molecule has 2 heteroatoms. The summed E-state index contributed by atoms with van der Waals surface area (Å²) in [4.78, 5) is 4.18.